The van der Waals surface area contributed by atoms with E-state index in [1.165, 1.54) is 6.07 Å². The lowest BCUT2D eigenvalue weighted by molar-refractivity contribution is -0.106. The highest BCUT2D eigenvalue weighted by molar-refractivity contribution is 5.84. The number of ether oxygens (including phenoxy) is 1. The molecule has 1 aliphatic rings. The first-order chi connectivity index (χ1) is 9.01. The summed E-state index contributed by atoms with van der Waals surface area (Å²) in [4.78, 5) is 12.9. The lowest BCUT2D eigenvalue weighted by atomic mass is 10.1. The van der Waals surface area contributed by atoms with Crippen LogP contribution in [0.5, 0.6) is 0 Å². The lowest BCUT2D eigenvalue weighted by Gasteiger charge is -2.38. The molecule has 6 nitrogen and oxygen atoms in total. The first kappa shape index (κ1) is 14.0. The molecule has 0 aromatic carbocycles. The standard InChI is InChI=1S/C13H19NO5/c1-8-5-14(6-10(7-15)18-8)9(2)11-3-4-12(19-11)13(16)17/h3-4,8-10,15H,5-7H2,1-2H3,(H,16,17). The van der Waals surface area contributed by atoms with Gasteiger partial charge in [-0.1, -0.05) is 0 Å². The van der Waals surface area contributed by atoms with Crippen molar-refractivity contribution in [2.24, 2.45) is 0 Å². The zero-order valence-corrected chi connectivity index (χ0v) is 11.1. The molecule has 0 spiro atoms. The van der Waals surface area contributed by atoms with Crippen LogP contribution in [-0.2, 0) is 4.74 Å². The second-order valence-electron chi connectivity index (χ2n) is 4.89. The van der Waals surface area contributed by atoms with Crippen LogP contribution >= 0.6 is 0 Å². The molecule has 2 rings (SSSR count). The Morgan fingerprint density at radius 1 is 1.53 bits per heavy atom. The normalized spacial score (nSPS) is 26.3. The minimum atomic E-state index is -1.07. The van der Waals surface area contributed by atoms with Crippen molar-refractivity contribution in [2.45, 2.75) is 32.1 Å². The largest absolute Gasteiger partial charge is 0.475 e. The Morgan fingerprint density at radius 3 is 2.84 bits per heavy atom. The van der Waals surface area contributed by atoms with E-state index >= 15 is 0 Å². The number of rotatable bonds is 4. The zero-order valence-electron chi connectivity index (χ0n) is 11.1. The number of aromatic carboxylic acids is 1. The summed E-state index contributed by atoms with van der Waals surface area (Å²) in [6.07, 6.45) is -0.178. The van der Waals surface area contributed by atoms with E-state index in [0.717, 1.165) is 6.54 Å². The number of carboxylic acid groups (broad SMARTS) is 1. The van der Waals surface area contributed by atoms with Gasteiger partial charge in [-0.25, -0.2) is 4.79 Å². The lowest BCUT2D eigenvalue weighted by Crippen LogP contribution is -2.48. The Hall–Kier alpha value is -1.37. The molecule has 1 fully saturated rings. The molecule has 0 bridgehead atoms. The first-order valence-electron chi connectivity index (χ1n) is 6.34. The third-order valence-corrected chi connectivity index (χ3v) is 3.36. The third-order valence-electron chi connectivity index (χ3n) is 3.36. The molecule has 0 amide bonds. The van der Waals surface area contributed by atoms with E-state index in [9.17, 15) is 9.90 Å². The van der Waals surface area contributed by atoms with Crippen molar-refractivity contribution in [2.75, 3.05) is 19.7 Å². The molecule has 2 heterocycles. The topological polar surface area (TPSA) is 83.1 Å². The fourth-order valence-corrected chi connectivity index (χ4v) is 2.37. The molecule has 106 valence electrons. The Labute approximate surface area is 111 Å². The van der Waals surface area contributed by atoms with E-state index in [1.807, 2.05) is 13.8 Å². The maximum atomic E-state index is 10.8. The summed E-state index contributed by atoms with van der Waals surface area (Å²) in [5.41, 5.74) is 0. The van der Waals surface area contributed by atoms with E-state index in [1.54, 1.807) is 6.07 Å². The molecule has 2 N–H and O–H groups in total. The van der Waals surface area contributed by atoms with Crippen molar-refractivity contribution >= 4 is 5.97 Å². The average Bonchev–Trinajstić information content (AvgIpc) is 2.86. The summed E-state index contributed by atoms with van der Waals surface area (Å²) in [6.45, 7) is 5.21. The highest BCUT2D eigenvalue weighted by Gasteiger charge is 2.29. The number of furan rings is 1. The molecular weight excluding hydrogens is 250 g/mol. The summed E-state index contributed by atoms with van der Waals surface area (Å²) in [7, 11) is 0. The van der Waals surface area contributed by atoms with Gasteiger partial charge in [-0.05, 0) is 26.0 Å². The van der Waals surface area contributed by atoms with Crippen molar-refractivity contribution < 1.29 is 24.2 Å². The monoisotopic (exact) mass is 269 g/mol. The SMILES string of the molecule is CC1CN(C(C)c2ccc(C(=O)O)o2)CC(CO)O1. The van der Waals surface area contributed by atoms with Gasteiger partial charge < -0.3 is 19.4 Å². The molecular formula is C13H19NO5. The van der Waals surface area contributed by atoms with Crippen LogP contribution in [0.15, 0.2) is 16.5 Å². The van der Waals surface area contributed by atoms with Gasteiger partial charge in [0, 0.05) is 13.1 Å². The number of hydrogen-bond donors (Lipinski definition) is 2. The van der Waals surface area contributed by atoms with Crippen molar-refractivity contribution in [3.63, 3.8) is 0 Å². The number of carboxylic acids is 1. The second-order valence-corrected chi connectivity index (χ2v) is 4.89. The third kappa shape index (κ3) is 3.15. The summed E-state index contributed by atoms with van der Waals surface area (Å²) in [6, 6.07) is 3.09. The van der Waals surface area contributed by atoms with Gasteiger partial charge in [-0.2, -0.15) is 0 Å². The zero-order chi connectivity index (χ0) is 14.0. The van der Waals surface area contributed by atoms with E-state index in [2.05, 4.69) is 4.90 Å². The van der Waals surface area contributed by atoms with Crippen molar-refractivity contribution in [3.8, 4) is 0 Å². The van der Waals surface area contributed by atoms with Crippen LogP contribution < -0.4 is 0 Å². The number of nitrogens with zero attached hydrogens (tertiary/aromatic N) is 1. The quantitative estimate of drug-likeness (QED) is 0.852. The fraction of sp³-hybridized carbons (Fsp3) is 0.615. The molecule has 1 aliphatic heterocycles. The van der Waals surface area contributed by atoms with Gasteiger partial charge in [-0.15, -0.1) is 0 Å². The summed E-state index contributed by atoms with van der Waals surface area (Å²) in [5.74, 6) is -0.507. The number of carbonyl (C=O) groups is 1. The van der Waals surface area contributed by atoms with Crippen molar-refractivity contribution in [1.29, 1.82) is 0 Å². The van der Waals surface area contributed by atoms with Crippen LogP contribution in [0.3, 0.4) is 0 Å². The Balaban J connectivity index is 2.09. The minimum absolute atomic E-state index is 0.0217. The predicted molar refractivity (Wildman–Crippen MR) is 67.1 cm³/mol. The molecule has 1 aromatic rings. The Bertz CT molecular complexity index is 444. The highest BCUT2D eigenvalue weighted by Crippen LogP contribution is 2.26. The molecule has 3 atom stereocenters. The summed E-state index contributed by atoms with van der Waals surface area (Å²) < 4.78 is 10.9. The Morgan fingerprint density at radius 2 is 2.26 bits per heavy atom. The van der Waals surface area contributed by atoms with Crippen LogP contribution in [-0.4, -0.2) is 53.0 Å². The molecule has 1 aromatic heterocycles. The highest BCUT2D eigenvalue weighted by atomic mass is 16.5. The molecule has 0 radical (unpaired) electrons. The summed E-state index contributed by atoms with van der Waals surface area (Å²) in [5, 5.41) is 18.1. The maximum Gasteiger partial charge on any atom is 0.371 e. The van der Waals surface area contributed by atoms with Gasteiger partial charge in [0.25, 0.3) is 0 Å². The van der Waals surface area contributed by atoms with Gasteiger partial charge in [0.1, 0.15) is 5.76 Å². The molecule has 6 heteroatoms. The molecule has 0 saturated carbocycles. The Kier molecular flexibility index (Phi) is 4.24. The summed E-state index contributed by atoms with van der Waals surface area (Å²) >= 11 is 0. The number of aliphatic hydroxyl groups is 1. The maximum absolute atomic E-state index is 10.8. The van der Waals surface area contributed by atoms with Gasteiger partial charge in [-0.3, -0.25) is 4.90 Å². The average molecular weight is 269 g/mol. The van der Waals surface area contributed by atoms with Crippen molar-refractivity contribution in [3.05, 3.63) is 23.7 Å². The second kappa shape index (κ2) is 5.73. The minimum Gasteiger partial charge on any atom is -0.475 e. The fourth-order valence-electron chi connectivity index (χ4n) is 2.37. The van der Waals surface area contributed by atoms with Crippen LogP contribution in [0.25, 0.3) is 0 Å². The van der Waals surface area contributed by atoms with Crippen LogP contribution in [0.1, 0.15) is 36.2 Å². The van der Waals surface area contributed by atoms with Crippen LogP contribution in [0, 0.1) is 0 Å². The van der Waals surface area contributed by atoms with Crippen LogP contribution in [0.4, 0.5) is 0 Å². The molecule has 0 aliphatic carbocycles. The van der Waals surface area contributed by atoms with Gasteiger partial charge in [0.05, 0.1) is 24.9 Å². The first-order valence-corrected chi connectivity index (χ1v) is 6.34. The number of morpholine rings is 1. The van der Waals surface area contributed by atoms with E-state index in [-0.39, 0.29) is 30.6 Å². The van der Waals surface area contributed by atoms with E-state index in [4.69, 9.17) is 14.3 Å². The van der Waals surface area contributed by atoms with Gasteiger partial charge >= 0.3 is 5.97 Å². The van der Waals surface area contributed by atoms with Crippen molar-refractivity contribution in [1.82, 2.24) is 4.90 Å². The van der Waals surface area contributed by atoms with E-state index < -0.39 is 5.97 Å². The van der Waals surface area contributed by atoms with Crippen LogP contribution in [0.2, 0.25) is 0 Å². The smallest absolute Gasteiger partial charge is 0.371 e. The van der Waals surface area contributed by atoms with E-state index in [0.29, 0.717) is 12.3 Å². The molecule has 19 heavy (non-hydrogen) atoms. The molecule has 1 saturated heterocycles. The molecule has 3 unspecified atom stereocenters. The predicted octanol–water partition coefficient (Wildman–Crippen LogP) is 1.12. The van der Waals surface area contributed by atoms with Gasteiger partial charge in [0.2, 0.25) is 5.76 Å². The van der Waals surface area contributed by atoms with Gasteiger partial charge in [0.15, 0.2) is 0 Å². The number of hydrogen-bond acceptors (Lipinski definition) is 5. The number of aliphatic hydroxyl groups excluding tert-OH is 1.